The largest absolute Gasteiger partial charge is 0.495 e. The molecule has 7 N–H and O–H groups in total. The molecule has 2 aromatic carbocycles. The summed E-state index contributed by atoms with van der Waals surface area (Å²) in [5.41, 5.74) is 19.6. The Morgan fingerprint density at radius 1 is 0.909 bits per heavy atom. The molecule has 348 valence electrons. The van der Waals surface area contributed by atoms with Gasteiger partial charge < -0.3 is 45.4 Å². The third-order valence-corrected chi connectivity index (χ3v) is 10.0. The van der Waals surface area contributed by atoms with Crippen molar-refractivity contribution in [2.45, 2.75) is 80.1 Å². The first-order valence-corrected chi connectivity index (χ1v) is 21.3. The van der Waals surface area contributed by atoms with E-state index >= 15 is 0 Å². The first kappa shape index (κ1) is 47.6. The Bertz CT molecular complexity index is 2930. The molecule has 4 aromatic heterocycles. The highest BCUT2D eigenvalue weighted by Crippen LogP contribution is 2.36. The van der Waals surface area contributed by atoms with E-state index in [0.29, 0.717) is 87.9 Å². The Morgan fingerprint density at radius 3 is 2.23 bits per heavy atom. The number of ether oxygens (including phenoxy) is 3. The standard InChI is InChI=1S/C45H56N14O7/c1-10-49-32(19-25(3)46)42(62)54-43-52-31-21-28(38(48)61)23-34(65-18-14-15-56(8)44(63)66-45(5,6)7)36(31)58(43)17-13-12-16-57-35-29(20-27(37(47)60)22-33(35)64-9)30-24-50-39(53-40(30)57)41-51-26(4)55-59(41)11-2/h12-13,19-24H,10-11,14-18,46H2,1-9H3,(H2,47,60)(H2,48,61)(H,52,54,62)/b13-12+,25-19-,49-32?. The highest BCUT2D eigenvalue weighted by Gasteiger charge is 2.24. The van der Waals surface area contributed by atoms with E-state index in [1.54, 1.807) is 76.2 Å². The van der Waals surface area contributed by atoms with Gasteiger partial charge in [0.05, 0.1) is 24.8 Å². The molecule has 0 fully saturated rings. The molecule has 0 unspecified atom stereocenters. The molecule has 66 heavy (non-hydrogen) atoms. The molecule has 6 rings (SSSR count). The van der Waals surface area contributed by atoms with Gasteiger partial charge in [0.25, 0.3) is 5.91 Å². The van der Waals surface area contributed by atoms with Crippen LogP contribution in [0.15, 0.2) is 59.4 Å². The van der Waals surface area contributed by atoms with Crippen LogP contribution in [0, 0.1) is 6.92 Å². The molecule has 4 heterocycles. The molecule has 0 spiro atoms. The van der Waals surface area contributed by atoms with Crippen LogP contribution < -0.4 is 32.0 Å². The summed E-state index contributed by atoms with van der Waals surface area (Å²) in [6, 6.07) is 6.30. The Kier molecular flexibility index (Phi) is 14.4. The summed E-state index contributed by atoms with van der Waals surface area (Å²) in [6.07, 6.45) is 6.83. The monoisotopic (exact) mass is 904 g/mol. The molecular weight excluding hydrogens is 849 g/mol. The second-order valence-corrected chi connectivity index (χ2v) is 16.3. The van der Waals surface area contributed by atoms with E-state index in [2.05, 4.69) is 25.4 Å². The summed E-state index contributed by atoms with van der Waals surface area (Å²) in [7, 11) is 3.14. The third-order valence-electron chi connectivity index (χ3n) is 10.0. The fraction of sp³-hybridized carbons (Fsp3) is 0.378. The number of allylic oxidation sites excluding steroid dienone is 3. The van der Waals surface area contributed by atoms with Gasteiger partial charge in [-0.1, -0.05) is 12.2 Å². The molecule has 21 nitrogen and oxygen atoms in total. The Morgan fingerprint density at radius 2 is 1.59 bits per heavy atom. The van der Waals surface area contributed by atoms with Gasteiger partial charge in [-0.2, -0.15) is 5.10 Å². The highest BCUT2D eigenvalue weighted by atomic mass is 16.6. The normalized spacial score (nSPS) is 12.4. The van der Waals surface area contributed by atoms with Gasteiger partial charge in [0, 0.05) is 73.6 Å². The van der Waals surface area contributed by atoms with Crippen LogP contribution in [0.25, 0.3) is 44.6 Å². The van der Waals surface area contributed by atoms with Crippen molar-refractivity contribution in [3.05, 3.63) is 71.3 Å². The van der Waals surface area contributed by atoms with Crippen molar-refractivity contribution in [1.82, 2.24) is 43.8 Å². The smallest absolute Gasteiger partial charge is 0.410 e. The SMILES string of the molecule is CCN=C(/C=C(/C)N)C(=O)Nc1nc2cc(C(N)=O)cc(OCCCN(C)C(=O)OC(C)(C)C)c2n1C/C=C/Cn1c2nc(-c3nc(C)nn3CC)ncc2c2cc(C(N)=O)cc(OC)c21. The van der Waals surface area contributed by atoms with E-state index in [4.69, 9.17) is 41.4 Å². The molecule has 0 aliphatic carbocycles. The Balaban J connectivity index is 1.43. The number of rotatable bonds is 18. The zero-order valence-electron chi connectivity index (χ0n) is 38.6. The van der Waals surface area contributed by atoms with Crippen LogP contribution in [-0.4, -0.2) is 113 Å². The van der Waals surface area contributed by atoms with E-state index in [1.165, 1.54) is 30.2 Å². The minimum absolute atomic E-state index is 0.0866. The van der Waals surface area contributed by atoms with Crippen molar-refractivity contribution in [2.24, 2.45) is 22.2 Å². The molecular formula is C45H56N14O7. The van der Waals surface area contributed by atoms with Crippen molar-refractivity contribution < 1.29 is 33.4 Å². The highest BCUT2D eigenvalue weighted by molar-refractivity contribution is 6.47. The number of amides is 4. The van der Waals surface area contributed by atoms with Gasteiger partial charge in [0.15, 0.2) is 11.6 Å². The predicted molar refractivity (Wildman–Crippen MR) is 250 cm³/mol. The van der Waals surface area contributed by atoms with Crippen LogP contribution >= 0.6 is 0 Å². The van der Waals surface area contributed by atoms with E-state index in [0.717, 1.165) is 0 Å². The minimum atomic E-state index is -0.714. The second kappa shape index (κ2) is 19.9. The van der Waals surface area contributed by atoms with Crippen LogP contribution in [0.4, 0.5) is 10.7 Å². The van der Waals surface area contributed by atoms with Gasteiger partial charge in [-0.25, -0.2) is 29.4 Å². The van der Waals surface area contributed by atoms with Gasteiger partial charge in [0.2, 0.25) is 17.8 Å². The topological polar surface area (TPSA) is 281 Å². The second-order valence-electron chi connectivity index (χ2n) is 16.3. The maximum absolute atomic E-state index is 13.7. The van der Waals surface area contributed by atoms with E-state index in [9.17, 15) is 19.2 Å². The number of imidazole rings is 1. The number of carbonyl (C=O) groups excluding carboxylic acids is 4. The number of nitrogens with zero attached hydrogens (tertiary/aromatic N) is 10. The first-order valence-electron chi connectivity index (χ1n) is 21.3. The number of hydrogen-bond acceptors (Lipinski definition) is 14. The average molecular weight is 905 g/mol. The molecule has 0 atom stereocenters. The quantitative estimate of drug-likeness (QED) is 0.0509. The van der Waals surface area contributed by atoms with Crippen molar-refractivity contribution in [3.8, 4) is 23.1 Å². The van der Waals surface area contributed by atoms with Crippen molar-refractivity contribution >= 4 is 68.4 Å². The third kappa shape index (κ3) is 10.6. The first-order chi connectivity index (χ1) is 31.3. The number of methoxy groups -OCH3 is 1. The minimum Gasteiger partial charge on any atom is -0.495 e. The van der Waals surface area contributed by atoms with Gasteiger partial charge in [-0.15, -0.1) is 0 Å². The molecule has 6 aromatic rings. The van der Waals surface area contributed by atoms with E-state index in [-0.39, 0.29) is 48.2 Å². The lowest BCUT2D eigenvalue weighted by atomic mass is 10.1. The van der Waals surface area contributed by atoms with Gasteiger partial charge in [0.1, 0.15) is 39.8 Å². The predicted octanol–water partition coefficient (Wildman–Crippen LogP) is 4.88. The zero-order chi connectivity index (χ0) is 48.0. The zero-order valence-corrected chi connectivity index (χ0v) is 38.6. The summed E-state index contributed by atoms with van der Waals surface area (Å²) < 4.78 is 23.0. The average Bonchev–Trinajstić information content (AvgIpc) is 3.92. The van der Waals surface area contributed by atoms with Gasteiger partial charge >= 0.3 is 6.09 Å². The molecule has 0 bridgehead atoms. The fourth-order valence-electron chi connectivity index (χ4n) is 7.16. The molecule has 0 radical (unpaired) electrons. The van der Waals surface area contributed by atoms with Crippen LogP contribution in [0.5, 0.6) is 11.5 Å². The summed E-state index contributed by atoms with van der Waals surface area (Å²) in [6.45, 7) is 14.2. The lowest BCUT2D eigenvalue weighted by Crippen LogP contribution is -2.35. The van der Waals surface area contributed by atoms with Crippen molar-refractivity contribution in [1.29, 1.82) is 0 Å². The van der Waals surface area contributed by atoms with Crippen molar-refractivity contribution in [2.75, 3.05) is 39.2 Å². The number of nitrogens with two attached hydrogens (primary N) is 3. The number of aryl methyl sites for hydroxylation is 2. The molecule has 0 saturated carbocycles. The number of hydrogen-bond donors (Lipinski definition) is 4. The number of benzene rings is 2. The molecule has 21 heteroatoms. The van der Waals surface area contributed by atoms with Gasteiger partial charge in [-0.05, 0) is 85.2 Å². The summed E-state index contributed by atoms with van der Waals surface area (Å²) in [5, 5.41) is 8.63. The Labute approximate surface area is 380 Å². The van der Waals surface area contributed by atoms with E-state index in [1.807, 2.05) is 23.6 Å². The van der Waals surface area contributed by atoms with Crippen LogP contribution in [0.1, 0.15) is 74.5 Å². The summed E-state index contributed by atoms with van der Waals surface area (Å²) in [5.74, 6) is 0.276. The number of aromatic nitrogens is 8. The number of carbonyl (C=O) groups is 4. The molecule has 0 aliphatic heterocycles. The van der Waals surface area contributed by atoms with E-state index < -0.39 is 29.4 Å². The maximum Gasteiger partial charge on any atom is 0.410 e. The molecule has 0 aliphatic rings. The molecule has 4 amide bonds. The lowest BCUT2D eigenvalue weighted by Gasteiger charge is -2.24. The molecule has 0 saturated heterocycles. The number of nitrogens with one attached hydrogen (secondary N) is 1. The van der Waals surface area contributed by atoms with Crippen LogP contribution in [0.2, 0.25) is 0 Å². The van der Waals surface area contributed by atoms with Gasteiger partial charge in [-0.3, -0.25) is 24.7 Å². The number of primary amides is 2. The Hall–Kier alpha value is -7.84. The fourth-order valence-corrected chi connectivity index (χ4v) is 7.16. The van der Waals surface area contributed by atoms with Crippen molar-refractivity contribution in [3.63, 3.8) is 0 Å². The number of fused-ring (bicyclic) bond motifs is 4. The summed E-state index contributed by atoms with van der Waals surface area (Å²) >= 11 is 0. The van der Waals surface area contributed by atoms with Crippen LogP contribution in [0.3, 0.4) is 0 Å². The maximum atomic E-state index is 13.7. The number of aliphatic imine (C=N–C) groups is 1. The lowest BCUT2D eigenvalue weighted by molar-refractivity contribution is -0.110. The number of anilines is 1. The van der Waals surface area contributed by atoms with Crippen LogP contribution in [-0.2, 0) is 29.2 Å². The summed E-state index contributed by atoms with van der Waals surface area (Å²) in [4.78, 5) is 76.1.